The molecule has 0 aliphatic rings. The minimum Gasteiger partial charge on any atom is -0.398 e. The van der Waals surface area contributed by atoms with Gasteiger partial charge in [0.15, 0.2) is 0 Å². The first-order valence-corrected chi connectivity index (χ1v) is 8.28. The van der Waals surface area contributed by atoms with E-state index in [1.54, 1.807) is 0 Å². The van der Waals surface area contributed by atoms with Gasteiger partial charge in [0, 0.05) is 18.1 Å². The molecule has 2 N–H and O–H groups in total. The maximum absolute atomic E-state index is 12.6. The predicted octanol–water partition coefficient (Wildman–Crippen LogP) is 3.39. The number of halogens is 2. The van der Waals surface area contributed by atoms with Gasteiger partial charge in [0.2, 0.25) is 10.0 Å². The van der Waals surface area contributed by atoms with Gasteiger partial charge in [-0.15, -0.1) is 0 Å². The number of benzene rings is 1. The molecule has 0 aliphatic heterocycles. The van der Waals surface area contributed by atoms with Crippen LogP contribution in [0.25, 0.3) is 0 Å². The highest BCUT2D eigenvalue weighted by atomic mass is 35.5. The number of rotatable bonds is 6. The van der Waals surface area contributed by atoms with E-state index in [1.807, 2.05) is 13.8 Å². The first-order chi connectivity index (χ1) is 8.84. The Morgan fingerprint density at radius 1 is 1.16 bits per heavy atom. The summed E-state index contributed by atoms with van der Waals surface area (Å²) in [5.41, 5.74) is 5.84. The molecular weight excluding hydrogens is 307 g/mol. The van der Waals surface area contributed by atoms with Gasteiger partial charge in [-0.2, -0.15) is 4.31 Å². The molecule has 0 fully saturated rings. The largest absolute Gasteiger partial charge is 0.398 e. The van der Waals surface area contributed by atoms with E-state index < -0.39 is 10.0 Å². The fourth-order valence-electron chi connectivity index (χ4n) is 1.83. The summed E-state index contributed by atoms with van der Waals surface area (Å²) in [6, 6.07) is 2.79. The van der Waals surface area contributed by atoms with Crippen LogP contribution in [0.2, 0.25) is 10.0 Å². The Hall–Kier alpha value is -0.490. The van der Waals surface area contributed by atoms with Crippen molar-refractivity contribution in [3.63, 3.8) is 0 Å². The summed E-state index contributed by atoms with van der Waals surface area (Å²) in [5, 5.41) is 0.376. The van der Waals surface area contributed by atoms with E-state index in [0.29, 0.717) is 18.1 Å². The van der Waals surface area contributed by atoms with Crippen LogP contribution in [0.3, 0.4) is 0 Å². The summed E-state index contributed by atoms with van der Waals surface area (Å²) in [6.07, 6.45) is 1.45. The molecule has 0 saturated carbocycles. The first kappa shape index (κ1) is 16.6. The monoisotopic (exact) mass is 324 g/mol. The summed E-state index contributed by atoms with van der Waals surface area (Å²) >= 11 is 11.8. The molecule has 0 radical (unpaired) electrons. The van der Waals surface area contributed by atoms with Gasteiger partial charge < -0.3 is 5.73 Å². The first-order valence-electron chi connectivity index (χ1n) is 6.09. The molecule has 0 aromatic heterocycles. The van der Waals surface area contributed by atoms with Gasteiger partial charge in [0.25, 0.3) is 0 Å². The predicted molar refractivity (Wildman–Crippen MR) is 80.2 cm³/mol. The fourth-order valence-corrected chi connectivity index (χ4v) is 4.40. The SMILES string of the molecule is CCCN(CCC)S(=O)(=O)c1c(N)cc(Cl)cc1Cl. The van der Waals surface area contributed by atoms with Crippen LogP contribution in [0.5, 0.6) is 0 Å². The Kier molecular flexibility index (Phi) is 5.92. The van der Waals surface area contributed by atoms with Crippen molar-refractivity contribution >= 4 is 38.9 Å². The lowest BCUT2D eigenvalue weighted by atomic mass is 10.3. The number of sulfonamides is 1. The quantitative estimate of drug-likeness (QED) is 0.816. The Bertz CT molecular complexity index is 518. The second kappa shape index (κ2) is 6.79. The van der Waals surface area contributed by atoms with E-state index in [4.69, 9.17) is 28.9 Å². The molecule has 7 heteroatoms. The number of nitrogens with zero attached hydrogens (tertiary/aromatic N) is 1. The van der Waals surface area contributed by atoms with Gasteiger partial charge in [-0.1, -0.05) is 37.0 Å². The molecule has 0 bridgehead atoms. The minimum absolute atomic E-state index is 0.0551. The van der Waals surface area contributed by atoms with Crippen molar-refractivity contribution < 1.29 is 8.42 Å². The lowest BCUT2D eigenvalue weighted by Crippen LogP contribution is -2.33. The number of nitrogen functional groups attached to an aromatic ring is 1. The highest BCUT2D eigenvalue weighted by Crippen LogP contribution is 2.33. The molecule has 0 aliphatic carbocycles. The summed E-state index contributed by atoms with van der Waals surface area (Å²) in [4.78, 5) is -0.0551. The Balaban J connectivity index is 3.33. The highest BCUT2D eigenvalue weighted by molar-refractivity contribution is 7.89. The van der Waals surface area contributed by atoms with E-state index in [0.717, 1.165) is 12.8 Å². The van der Waals surface area contributed by atoms with Gasteiger partial charge in [0.1, 0.15) is 4.90 Å². The number of hydrogen-bond acceptors (Lipinski definition) is 3. The van der Waals surface area contributed by atoms with Crippen molar-refractivity contribution in [1.82, 2.24) is 4.31 Å². The molecule has 1 aromatic rings. The third kappa shape index (κ3) is 3.75. The number of anilines is 1. The molecule has 108 valence electrons. The van der Waals surface area contributed by atoms with Crippen molar-refractivity contribution in [3.8, 4) is 0 Å². The summed E-state index contributed by atoms with van der Waals surface area (Å²) < 4.78 is 26.6. The van der Waals surface area contributed by atoms with Crippen LogP contribution in [0.1, 0.15) is 26.7 Å². The standard InChI is InChI=1S/C12H18Cl2N2O2S/c1-3-5-16(6-4-2)19(17,18)12-10(14)7-9(13)8-11(12)15/h7-8H,3-6,15H2,1-2H3. The smallest absolute Gasteiger partial charge is 0.246 e. The second-order valence-corrected chi connectivity index (χ2v) is 6.93. The Labute approximate surface area is 124 Å². The Morgan fingerprint density at radius 2 is 1.68 bits per heavy atom. The van der Waals surface area contributed by atoms with E-state index in [2.05, 4.69) is 0 Å². The van der Waals surface area contributed by atoms with Crippen LogP contribution in [0, 0.1) is 0 Å². The zero-order chi connectivity index (χ0) is 14.6. The van der Waals surface area contributed by atoms with Gasteiger partial charge in [0.05, 0.1) is 10.7 Å². The number of nitrogens with two attached hydrogens (primary N) is 1. The van der Waals surface area contributed by atoms with Crippen LogP contribution in [0.4, 0.5) is 5.69 Å². The highest BCUT2D eigenvalue weighted by Gasteiger charge is 2.28. The minimum atomic E-state index is -3.69. The van der Waals surface area contributed by atoms with Crippen molar-refractivity contribution in [2.24, 2.45) is 0 Å². The van der Waals surface area contributed by atoms with E-state index in [9.17, 15) is 8.42 Å². The normalized spacial score (nSPS) is 12.1. The molecule has 1 rings (SSSR count). The summed E-state index contributed by atoms with van der Waals surface area (Å²) in [6.45, 7) is 4.72. The van der Waals surface area contributed by atoms with Gasteiger partial charge in [-0.3, -0.25) is 0 Å². The van der Waals surface area contributed by atoms with Crippen LogP contribution < -0.4 is 5.73 Å². The van der Waals surface area contributed by atoms with Gasteiger partial charge in [-0.25, -0.2) is 8.42 Å². The number of hydrogen-bond donors (Lipinski definition) is 1. The molecule has 0 spiro atoms. The third-order valence-corrected chi connectivity index (χ3v) is 5.23. The van der Waals surface area contributed by atoms with Crippen molar-refractivity contribution in [1.29, 1.82) is 0 Å². The van der Waals surface area contributed by atoms with Crippen LogP contribution >= 0.6 is 23.2 Å². The lowest BCUT2D eigenvalue weighted by molar-refractivity contribution is 0.410. The van der Waals surface area contributed by atoms with E-state index >= 15 is 0 Å². The molecule has 0 heterocycles. The lowest BCUT2D eigenvalue weighted by Gasteiger charge is -2.22. The van der Waals surface area contributed by atoms with E-state index in [1.165, 1.54) is 16.4 Å². The van der Waals surface area contributed by atoms with Gasteiger partial charge in [-0.05, 0) is 25.0 Å². The zero-order valence-corrected chi connectivity index (χ0v) is 13.3. The Morgan fingerprint density at radius 3 is 2.11 bits per heavy atom. The van der Waals surface area contributed by atoms with Crippen LogP contribution in [-0.4, -0.2) is 25.8 Å². The maximum Gasteiger partial charge on any atom is 0.246 e. The molecular formula is C12H18Cl2N2O2S. The third-order valence-electron chi connectivity index (χ3n) is 2.58. The molecule has 4 nitrogen and oxygen atoms in total. The average molecular weight is 325 g/mol. The van der Waals surface area contributed by atoms with Gasteiger partial charge >= 0.3 is 0 Å². The molecule has 0 amide bonds. The molecule has 0 atom stereocenters. The summed E-state index contributed by atoms with van der Waals surface area (Å²) in [5.74, 6) is 0. The van der Waals surface area contributed by atoms with Crippen LogP contribution in [-0.2, 0) is 10.0 Å². The summed E-state index contributed by atoms with van der Waals surface area (Å²) in [7, 11) is -3.69. The second-order valence-electron chi connectivity index (χ2n) is 4.21. The van der Waals surface area contributed by atoms with Crippen molar-refractivity contribution in [2.75, 3.05) is 18.8 Å². The van der Waals surface area contributed by atoms with Crippen LogP contribution in [0.15, 0.2) is 17.0 Å². The molecule has 0 unspecified atom stereocenters. The molecule has 1 aromatic carbocycles. The zero-order valence-electron chi connectivity index (χ0n) is 11.0. The average Bonchev–Trinajstić information content (AvgIpc) is 2.26. The topological polar surface area (TPSA) is 63.4 Å². The maximum atomic E-state index is 12.6. The van der Waals surface area contributed by atoms with Crippen molar-refractivity contribution in [3.05, 3.63) is 22.2 Å². The molecule has 19 heavy (non-hydrogen) atoms. The van der Waals surface area contributed by atoms with Crippen molar-refractivity contribution in [2.45, 2.75) is 31.6 Å². The molecule has 0 saturated heterocycles. The van der Waals surface area contributed by atoms with E-state index in [-0.39, 0.29) is 15.6 Å². The fraction of sp³-hybridized carbons (Fsp3) is 0.500.